The number of nitrogens with one attached hydrogen (secondary N) is 3. The summed E-state index contributed by atoms with van der Waals surface area (Å²) in [5.74, 6) is -8.70. The van der Waals surface area contributed by atoms with E-state index in [9.17, 15) is 108 Å². The van der Waals surface area contributed by atoms with Crippen LogP contribution in [0.4, 0.5) is 56.6 Å². The molecule has 3 atom stereocenters. The number of benzene rings is 9. The van der Waals surface area contributed by atoms with Gasteiger partial charge in [-0.1, -0.05) is 127 Å². The molecular weight excluding hydrogens is 1760 g/mol. The first-order valence-corrected chi connectivity index (χ1v) is 46.7. The zero-order valence-electron chi connectivity index (χ0n) is 69.2. The number of alkyl halides is 9. The molecule has 129 heavy (non-hydrogen) atoms. The second-order valence-electron chi connectivity index (χ2n) is 33.5. The molecule has 39 heteroatoms. The van der Waals surface area contributed by atoms with Gasteiger partial charge >= 0.3 is 18.5 Å². The van der Waals surface area contributed by atoms with E-state index in [1.807, 2.05) is 160 Å². The Morgan fingerprint density at radius 3 is 0.752 bits per heavy atom. The average molecular weight is 1840 g/mol. The molecule has 9 aliphatic heterocycles. The summed E-state index contributed by atoms with van der Waals surface area (Å²) in [4.78, 5) is 123. The summed E-state index contributed by atoms with van der Waals surface area (Å²) in [5.41, 5.74) is 12.7. The van der Waals surface area contributed by atoms with Crippen LogP contribution in [0.2, 0.25) is 0 Å². The molecule has 9 amide bonds. The minimum atomic E-state index is -4.77. The Balaban J connectivity index is 0.000000142. The molecule has 6 saturated heterocycles. The molecule has 6 fully saturated rings. The van der Waals surface area contributed by atoms with Crippen LogP contribution in [0.15, 0.2) is 164 Å². The molecule has 0 saturated carbocycles. The molecule has 0 aliphatic carbocycles. The minimum absolute atomic E-state index is 0.0189. The third kappa shape index (κ3) is 20.0. The quantitative estimate of drug-likeness (QED) is 0.0445. The van der Waals surface area contributed by atoms with Gasteiger partial charge in [-0.3, -0.25) is 88.5 Å². The number of anilines is 3. The molecule has 9 heterocycles. The minimum Gasteiger partial charge on any atom is -0.296 e. The largest absolute Gasteiger partial charge is 0.404 e. The fourth-order valence-electron chi connectivity index (χ4n) is 18.5. The lowest BCUT2D eigenvalue weighted by Gasteiger charge is -2.34. The molecule has 0 bridgehead atoms. The van der Waals surface area contributed by atoms with Crippen molar-refractivity contribution < 1.29 is 108 Å². The van der Waals surface area contributed by atoms with E-state index in [1.165, 1.54) is 14.7 Å². The number of sulfonamides is 3. The molecule has 9 aromatic carbocycles. The van der Waals surface area contributed by atoms with Gasteiger partial charge in [0.1, 0.15) is 18.1 Å². The Morgan fingerprint density at radius 2 is 0.527 bits per heavy atom. The lowest BCUT2D eigenvalue weighted by atomic mass is 9.95. The number of hydrogen-bond acceptors (Lipinski definition) is 18. The molecule has 0 radical (unpaired) electrons. The normalized spacial score (nSPS) is 20.2. The van der Waals surface area contributed by atoms with Gasteiger partial charge in [0.2, 0.25) is 65.5 Å². The topological polar surface area (TPSA) is 321 Å². The van der Waals surface area contributed by atoms with Gasteiger partial charge in [-0.15, -0.1) is 0 Å². The molecule has 9 aromatic rings. The predicted octanol–water partition coefficient (Wildman–Crippen LogP) is 9.62. The molecule has 0 aromatic heterocycles. The molecule has 27 nitrogen and oxygen atoms in total. The van der Waals surface area contributed by atoms with E-state index in [0.29, 0.717) is 112 Å². The number of carbonyl (C=O) groups is 9. The van der Waals surface area contributed by atoms with E-state index in [-0.39, 0.29) is 113 Å². The van der Waals surface area contributed by atoms with Crippen molar-refractivity contribution in [3.63, 3.8) is 0 Å². The van der Waals surface area contributed by atoms with Crippen molar-refractivity contribution in [3.05, 3.63) is 231 Å². The van der Waals surface area contributed by atoms with Crippen molar-refractivity contribution in [1.29, 1.82) is 0 Å². The van der Waals surface area contributed by atoms with Crippen molar-refractivity contribution in [2.24, 2.45) is 0 Å². The maximum Gasteiger partial charge on any atom is 0.404 e. The van der Waals surface area contributed by atoms with Gasteiger partial charge in [-0.05, 0) is 141 Å². The Bertz CT molecular complexity index is 5760. The van der Waals surface area contributed by atoms with Crippen LogP contribution in [0.5, 0.6) is 0 Å². The summed E-state index contributed by atoms with van der Waals surface area (Å²) in [7, 11) is -13.1. The number of carbonyl (C=O) groups excluding carboxylic acids is 9. The van der Waals surface area contributed by atoms with Gasteiger partial charge in [0, 0.05) is 150 Å². The summed E-state index contributed by atoms with van der Waals surface area (Å²) in [6, 6.07) is 49.8. The molecule has 1 unspecified atom stereocenters. The number of piperidine rings is 3. The number of nitrogens with zero attached hydrogens (tertiary/aromatic N) is 9. The number of hydrogen-bond donors (Lipinski definition) is 3. The van der Waals surface area contributed by atoms with Crippen LogP contribution in [-0.4, -0.2) is 238 Å². The maximum absolute atomic E-state index is 13.4. The van der Waals surface area contributed by atoms with Crippen molar-refractivity contribution in [2.75, 3.05) is 110 Å². The van der Waals surface area contributed by atoms with E-state index in [2.05, 4.69) is 16.0 Å². The zero-order chi connectivity index (χ0) is 91.6. The monoisotopic (exact) mass is 1840 g/mol. The van der Waals surface area contributed by atoms with Crippen molar-refractivity contribution in [3.8, 4) is 0 Å². The molecule has 0 spiro atoms. The molecule has 3 N–H and O–H groups in total. The highest BCUT2D eigenvalue weighted by molar-refractivity contribution is 7.89. The van der Waals surface area contributed by atoms with Gasteiger partial charge in [-0.2, -0.15) is 52.4 Å². The summed E-state index contributed by atoms with van der Waals surface area (Å²) in [6.45, 7) is 3.81. The van der Waals surface area contributed by atoms with Crippen molar-refractivity contribution >= 4 is 133 Å². The molecule has 9 aliphatic rings. The van der Waals surface area contributed by atoms with E-state index >= 15 is 0 Å². The predicted molar refractivity (Wildman–Crippen MR) is 459 cm³/mol. The van der Waals surface area contributed by atoms with Crippen LogP contribution < -0.4 is 30.7 Å². The highest BCUT2D eigenvalue weighted by atomic mass is 32.2. The van der Waals surface area contributed by atoms with E-state index < -0.39 is 102 Å². The first kappa shape index (κ1) is 90.9. The van der Waals surface area contributed by atoms with Crippen molar-refractivity contribution in [2.45, 2.75) is 114 Å². The summed E-state index contributed by atoms with van der Waals surface area (Å²) in [6.07, 6.45) is -11.2. The summed E-state index contributed by atoms with van der Waals surface area (Å²) in [5, 5.41) is 12.1. The van der Waals surface area contributed by atoms with Crippen LogP contribution in [0.25, 0.3) is 32.3 Å². The Labute approximate surface area is 735 Å². The van der Waals surface area contributed by atoms with Crippen LogP contribution in [0.3, 0.4) is 0 Å². The Hall–Kier alpha value is -11.4. The van der Waals surface area contributed by atoms with Crippen LogP contribution in [0.1, 0.15) is 120 Å². The van der Waals surface area contributed by atoms with Gasteiger partial charge in [0.05, 0.1) is 17.1 Å². The number of amides is 9. The highest BCUT2D eigenvalue weighted by Crippen LogP contribution is 2.46. The fraction of sp³-hybridized carbons (Fsp3) is 0.367. The van der Waals surface area contributed by atoms with Gasteiger partial charge in [-0.25, -0.2) is 25.3 Å². The highest BCUT2D eigenvalue weighted by Gasteiger charge is 2.47. The zero-order valence-corrected chi connectivity index (χ0v) is 71.6. The van der Waals surface area contributed by atoms with E-state index in [1.54, 1.807) is 18.2 Å². The Morgan fingerprint density at radius 1 is 0.295 bits per heavy atom. The van der Waals surface area contributed by atoms with E-state index in [0.717, 1.165) is 95.3 Å². The second-order valence-corrected chi connectivity index (χ2v) is 39.4. The van der Waals surface area contributed by atoms with Gasteiger partial charge in [0.15, 0.2) is 17.3 Å². The number of piperazine rings is 3. The summed E-state index contributed by atoms with van der Waals surface area (Å²) >= 11 is 0. The third-order valence-corrected chi connectivity index (χ3v) is 30.2. The molecule has 678 valence electrons. The van der Waals surface area contributed by atoms with Crippen LogP contribution in [0, 0.1) is 0 Å². The maximum atomic E-state index is 13.4. The number of rotatable bonds is 21. The van der Waals surface area contributed by atoms with Crippen molar-refractivity contribution in [1.82, 2.24) is 43.6 Å². The number of halogens is 9. The lowest BCUT2D eigenvalue weighted by molar-refractivity contribution is -0.135. The SMILES string of the molecule is O=C1CCC(N2C(=O)c3cccc4c(Cc5ccc(CN6CCN(S(=O)(=O)CC(F)(F)F)CC6)cc5)ccc2c34)C(=O)N1.O=C1CC[C@@H](N2C(=O)c3cccc4c(Cc5ccc(CN6CCN(S(=O)(=O)CC(F)(F)F)CC6)cc5)ccc2c34)C(=O)N1.O=C1CC[C@H](N2C(=O)c3cccc4c(Cc5ccc(CN6CCN(S(=O)(=O)CC(F)(F)F)CC6)cc5)ccc2c34)C(=O)N1. The fourth-order valence-corrected chi connectivity index (χ4v) is 22.4. The summed E-state index contributed by atoms with van der Waals surface area (Å²) < 4.78 is 189. The first-order valence-electron chi connectivity index (χ1n) is 41.9. The standard InChI is InChI=1S/3C30H29F3N4O5S/c3*31-30(32,33)18-43(41,42)36-14-12-35(13-15-36)17-20-6-4-19(5-7-20)16-21-8-9-24-27-22(21)2-1-3-23(27)29(40)37(24)25-10-11-26(38)34-28(25)39/h3*1-9,25H,10-18H2,(H,34,38,39)/t2*25-;/m10./s1. The smallest absolute Gasteiger partial charge is 0.296 e. The third-order valence-electron chi connectivity index (χ3n) is 24.7. The molecular formula is C90H87F9N12O15S3. The second kappa shape index (κ2) is 36.1. The molecule has 18 rings (SSSR count). The lowest BCUT2D eigenvalue weighted by Crippen LogP contribution is -2.53. The van der Waals surface area contributed by atoms with Gasteiger partial charge in [0.25, 0.3) is 17.7 Å². The van der Waals surface area contributed by atoms with E-state index in [4.69, 9.17) is 0 Å². The average Bonchev–Trinajstić information content (AvgIpc) is 1.59. The number of imide groups is 3. The van der Waals surface area contributed by atoms with Crippen LogP contribution >= 0.6 is 0 Å². The van der Waals surface area contributed by atoms with Crippen LogP contribution in [-0.2, 0) is 97.7 Å². The first-order chi connectivity index (χ1) is 61.2. The van der Waals surface area contributed by atoms with Gasteiger partial charge < -0.3 is 0 Å². The Kier molecular flexibility index (Phi) is 25.5.